The minimum Gasteiger partial charge on any atom is -0.316 e. The number of piperidine rings is 1. The van der Waals surface area contributed by atoms with Gasteiger partial charge in [0.2, 0.25) is 0 Å². The van der Waals surface area contributed by atoms with Crippen LogP contribution in [0, 0.1) is 11.8 Å². The van der Waals surface area contributed by atoms with Gasteiger partial charge in [-0.25, -0.2) is 0 Å². The van der Waals surface area contributed by atoms with Crippen molar-refractivity contribution in [2.45, 2.75) is 27.2 Å². The summed E-state index contributed by atoms with van der Waals surface area (Å²) in [7, 11) is 0. The molecule has 78 valence electrons. The van der Waals surface area contributed by atoms with Gasteiger partial charge in [0.25, 0.3) is 0 Å². The highest BCUT2D eigenvalue weighted by Gasteiger charge is 2.20. The van der Waals surface area contributed by atoms with E-state index in [9.17, 15) is 0 Å². The maximum atomic E-state index is 3.38. The van der Waals surface area contributed by atoms with Crippen LogP contribution in [0.3, 0.4) is 0 Å². The van der Waals surface area contributed by atoms with E-state index < -0.39 is 0 Å². The molecule has 1 saturated heterocycles. The van der Waals surface area contributed by atoms with Crippen molar-refractivity contribution >= 4 is 0 Å². The Balaban J connectivity index is 2.17. The van der Waals surface area contributed by atoms with Crippen LogP contribution in [0.15, 0.2) is 0 Å². The summed E-state index contributed by atoms with van der Waals surface area (Å²) >= 11 is 0. The lowest BCUT2D eigenvalue weighted by Gasteiger charge is -2.34. The van der Waals surface area contributed by atoms with Crippen molar-refractivity contribution in [3.05, 3.63) is 0 Å². The summed E-state index contributed by atoms with van der Waals surface area (Å²) < 4.78 is 0. The van der Waals surface area contributed by atoms with Crippen molar-refractivity contribution in [2.75, 3.05) is 32.7 Å². The Morgan fingerprint density at radius 1 is 1.23 bits per heavy atom. The molecule has 0 aromatic carbocycles. The first-order chi connectivity index (χ1) is 6.22. The fourth-order valence-electron chi connectivity index (χ4n) is 2.39. The third kappa shape index (κ3) is 4.10. The van der Waals surface area contributed by atoms with E-state index in [0.29, 0.717) is 0 Å². The Kier molecular flexibility index (Phi) is 4.74. The zero-order chi connectivity index (χ0) is 9.68. The van der Waals surface area contributed by atoms with Gasteiger partial charge in [0.05, 0.1) is 0 Å². The van der Waals surface area contributed by atoms with E-state index in [1.54, 1.807) is 0 Å². The lowest BCUT2D eigenvalue weighted by Crippen LogP contribution is -2.42. The van der Waals surface area contributed by atoms with E-state index in [1.807, 2.05) is 0 Å². The number of hydrogen-bond donors (Lipinski definition) is 1. The predicted octanol–water partition coefficient (Wildman–Crippen LogP) is 1.57. The molecule has 2 nitrogen and oxygen atoms in total. The fraction of sp³-hybridized carbons (Fsp3) is 1.00. The van der Waals surface area contributed by atoms with E-state index in [0.717, 1.165) is 24.9 Å². The summed E-state index contributed by atoms with van der Waals surface area (Å²) in [5.41, 5.74) is 0. The summed E-state index contributed by atoms with van der Waals surface area (Å²) in [5, 5.41) is 3.38. The molecule has 1 fully saturated rings. The molecule has 0 saturated carbocycles. The van der Waals surface area contributed by atoms with Gasteiger partial charge in [0, 0.05) is 26.2 Å². The van der Waals surface area contributed by atoms with Crippen LogP contribution in [0.4, 0.5) is 0 Å². The first kappa shape index (κ1) is 11.0. The maximum absolute atomic E-state index is 3.38. The van der Waals surface area contributed by atoms with Crippen molar-refractivity contribution in [3.8, 4) is 0 Å². The SMILES string of the molecule is CCNCCN1CC(C)CC(C)C1. The summed E-state index contributed by atoms with van der Waals surface area (Å²) in [6.07, 6.45) is 1.41. The average Bonchev–Trinajstić information content (AvgIpc) is 2.03. The quantitative estimate of drug-likeness (QED) is 0.667. The minimum atomic E-state index is 0.894. The average molecular weight is 184 g/mol. The lowest BCUT2D eigenvalue weighted by molar-refractivity contribution is 0.142. The monoisotopic (exact) mass is 184 g/mol. The van der Waals surface area contributed by atoms with Gasteiger partial charge in [-0.3, -0.25) is 0 Å². The van der Waals surface area contributed by atoms with Gasteiger partial charge in [-0.2, -0.15) is 0 Å². The molecule has 0 radical (unpaired) electrons. The van der Waals surface area contributed by atoms with E-state index in [4.69, 9.17) is 0 Å². The maximum Gasteiger partial charge on any atom is 0.0107 e. The molecular weight excluding hydrogens is 160 g/mol. The van der Waals surface area contributed by atoms with E-state index in [-0.39, 0.29) is 0 Å². The summed E-state index contributed by atoms with van der Waals surface area (Å²) in [4.78, 5) is 2.60. The zero-order valence-corrected chi connectivity index (χ0v) is 9.34. The first-order valence-corrected chi connectivity index (χ1v) is 5.65. The van der Waals surface area contributed by atoms with Crippen molar-refractivity contribution < 1.29 is 0 Å². The topological polar surface area (TPSA) is 15.3 Å². The van der Waals surface area contributed by atoms with Crippen LogP contribution in [-0.2, 0) is 0 Å². The number of likely N-dealkylation sites (N-methyl/N-ethyl adjacent to an activating group) is 1. The number of likely N-dealkylation sites (tertiary alicyclic amines) is 1. The molecule has 0 aliphatic carbocycles. The third-order valence-electron chi connectivity index (χ3n) is 2.80. The highest BCUT2D eigenvalue weighted by Crippen LogP contribution is 2.20. The van der Waals surface area contributed by atoms with Gasteiger partial charge < -0.3 is 10.2 Å². The smallest absolute Gasteiger partial charge is 0.0107 e. The van der Waals surface area contributed by atoms with Gasteiger partial charge in [0.15, 0.2) is 0 Å². The molecule has 1 N–H and O–H groups in total. The molecule has 1 aliphatic heterocycles. The molecule has 1 aliphatic rings. The molecule has 2 heteroatoms. The molecule has 0 aromatic rings. The van der Waals surface area contributed by atoms with E-state index >= 15 is 0 Å². The highest BCUT2D eigenvalue weighted by molar-refractivity contribution is 4.74. The first-order valence-electron chi connectivity index (χ1n) is 5.65. The second-order valence-corrected chi connectivity index (χ2v) is 4.56. The largest absolute Gasteiger partial charge is 0.316 e. The Bertz CT molecular complexity index is 126. The van der Waals surface area contributed by atoms with Crippen LogP contribution >= 0.6 is 0 Å². The second kappa shape index (κ2) is 5.61. The number of hydrogen-bond acceptors (Lipinski definition) is 2. The van der Waals surface area contributed by atoms with Crippen LogP contribution in [0.2, 0.25) is 0 Å². The van der Waals surface area contributed by atoms with E-state index in [1.165, 1.54) is 26.1 Å². The highest BCUT2D eigenvalue weighted by atomic mass is 15.1. The molecule has 2 atom stereocenters. The van der Waals surface area contributed by atoms with Gasteiger partial charge >= 0.3 is 0 Å². The predicted molar refractivity (Wildman–Crippen MR) is 57.9 cm³/mol. The van der Waals surface area contributed by atoms with Crippen LogP contribution in [-0.4, -0.2) is 37.6 Å². The van der Waals surface area contributed by atoms with Crippen molar-refractivity contribution in [1.29, 1.82) is 0 Å². The zero-order valence-electron chi connectivity index (χ0n) is 9.34. The van der Waals surface area contributed by atoms with Crippen LogP contribution in [0.5, 0.6) is 0 Å². The Hall–Kier alpha value is -0.0800. The number of rotatable bonds is 4. The van der Waals surface area contributed by atoms with Crippen molar-refractivity contribution in [2.24, 2.45) is 11.8 Å². The second-order valence-electron chi connectivity index (χ2n) is 4.56. The van der Waals surface area contributed by atoms with Crippen LogP contribution in [0.1, 0.15) is 27.2 Å². The standard InChI is InChI=1S/C11H24N2/c1-4-12-5-6-13-8-10(2)7-11(3)9-13/h10-12H,4-9H2,1-3H3. The molecular formula is C11H24N2. The molecule has 1 rings (SSSR count). The third-order valence-corrected chi connectivity index (χ3v) is 2.80. The minimum absolute atomic E-state index is 0.894. The summed E-state index contributed by atoms with van der Waals surface area (Å²) in [6.45, 7) is 13.0. The normalized spacial score (nSPS) is 30.7. The molecule has 0 spiro atoms. The lowest BCUT2D eigenvalue weighted by atomic mass is 9.92. The number of nitrogens with zero attached hydrogens (tertiary/aromatic N) is 1. The van der Waals surface area contributed by atoms with Crippen LogP contribution in [0.25, 0.3) is 0 Å². The number of nitrogens with one attached hydrogen (secondary N) is 1. The molecule has 13 heavy (non-hydrogen) atoms. The molecule has 0 amide bonds. The Morgan fingerprint density at radius 2 is 1.85 bits per heavy atom. The molecule has 0 bridgehead atoms. The van der Waals surface area contributed by atoms with Crippen molar-refractivity contribution in [1.82, 2.24) is 10.2 Å². The molecule has 0 aromatic heterocycles. The van der Waals surface area contributed by atoms with Crippen molar-refractivity contribution in [3.63, 3.8) is 0 Å². The van der Waals surface area contributed by atoms with Gasteiger partial charge in [0.1, 0.15) is 0 Å². The van der Waals surface area contributed by atoms with Gasteiger partial charge in [-0.05, 0) is 24.8 Å². The molecule has 1 heterocycles. The van der Waals surface area contributed by atoms with E-state index in [2.05, 4.69) is 31.0 Å². The van der Waals surface area contributed by atoms with Gasteiger partial charge in [-0.15, -0.1) is 0 Å². The molecule has 2 unspecified atom stereocenters. The summed E-state index contributed by atoms with van der Waals surface area (Å²) in [5.74, 6) is 1.79. The van der Waals surface area contributed by atoms with Gasteiger partial charge in [-0.1, -0.05) is 20.8 Å². The summed E-state index contributed by atoms with van der Waals surface area (Å²) in [6, 6.07) is 0. The fourth-order valence-corrected chi connectivity index (χ4v) is 2.39. The van der Waals surface area contributed by atoms with Crippen LogP contribution < -0.4 is 5.32 Å². The Labute approximate surface area is 82.7 Å². The Morgan fingerprint density at radius 3 is 2.38 bits per heavy atom.